The molecular weight excluding hydrogens is 501 g/mol. The Balaban J connectivity index is 1.47. The van der Waals surface area contributed by atoms with Crippen LogP contribution in [0.1, 0.15) is 76.7 Å². The Hall–Kier alpha value is -3.70. The van der Waals surface area contributed by atoms with E-state index in [2.05, 4.69) is 52.8 Å². The molecule has 4 aromatic rings. The highest BCUT2D eigenvalue weighted by atomic mass is 35.5. The number of rotatable bonds is 7. The van der Waals surface area contributed by atoms with Crippen LogP contribution in [-0.4, -0.2) is 25.5 Å². The topological polar surface area (TPSA) is 91.5 Å². The van der Waals surface area contributed by atoms with E-state index in [1.807, 2.05) is 6.07 Å². The van der Waals surface area contributed by atoms with E-state index in [9.17, 15) is 11.0 Å². The van der Waals surface area contributed by atoms with Crippen molar-refractivity contribution in [3.8, 4) is 6.07 Å². The van der Waals surface area contributed by atoms with Crippen LogP contribution in [0.15, 0.2) is 48.8 Å². The third kappa shape index (κ3) is 4.45. The minimum atomic E-state index is -1.59. The van der Waals surface area contributed by atoms with Crippen molar-refractivity contribution in [3.05, 3.63) is 76.5 Å². The van der Waals surface area contributed by atoms with Crippen LogP contribution in [-0.2, 0) is 0 Å². The summed E-state index contributed by atoms with van der Waals surface area (Å²) in [6, 6.07) is 10.3. The minimum absolute atomic E-state index is 0.0265. The lowest BCUT2D eigenvalue weighted by molar-refractivity contribution is 0.323. The molecule has 2 aliphatic rings. The molecule has 2 aliphatic carbocycles. The van der Waals surface area contributed by atoms with Crippen LogP contribution in [0.3, 0.4) is 0 Å². The summed E-state index contributed by atoms with van der Waals surface area (Å²) in [7, 11) is 0. The third-order valence-corrected chi connectivity index (χ3v) is 7.97. The fourth-order valence-corrected chi connectivity index (χ4v) is 5.20. The summed E-state index contributed by atoms with van der Waals surface area (Å²) in [5.41, 5.74) is 2.91. The van der Waals surface area contributed by atoms with Crippen LogP contribution in [0.5, 0.6) is 0 Å². The molecule has 0 spiro atoms. The second-order valence-electron chi connectivity index (χ2n) is 11.3. The molecule has 6 rings (SSSR count). The van der Waals surface area contributed by atoms with E-state index in [0.717, 1.165) is 25.7 Å². The first kappa shape index (κ1) is 23.4. The van der Waals surface area contributed by atoms with E-state index < -0.39 is 11.8 Å². The molecule has 2 N–H and O–H groups in total. The summed E-state index contributed by atoms with van der Waals surface area (Å²) >= 11 is 6.75. The summed E-state index contributed by atoms with van der Waals surface area (Å²) in [4.78, 5) is 4.48. The molecule has 2 saturated carbocycles. The average molecular weight is 531 g/mol. The molecule has 2 heterocycles. The van der Waals surface area contributed by atoms with Gasteiger partial charge < -0.3 is 10.6 Å². The number of hydrogen-bond acceptors (Lipinski definition) is 6. The number of nitriles is 1. The van der Waals surface area contributed by atoms with Gasteiger partial charge in [-0.3, -0.25) is 4.98 Å². The van der Waals surface area contributed by atoms with Crippen LogP contribution in [0, 0.1) is 22.6 Å². The molecule has 1 atom stereocenters. The number of halogens is 2. The number of aromatic nitrogens is 4. The minimum Gasteiger partial charge on any atom is -0.377 e. The fourth-order valence-electron chi connectivity index (χ4n) is 4.93. The Bertz CT molecular complexity index is 1610. The fraction of sp³-hybridized carbons (Fsp3) is 0.379. The van der Waals surface area contributed by atoms with E-state index >= 15 is 0 Å². The molecule has 38 heavy (non-hydrogen) atoms. The molecule has 2 fully saturated rings. The van der Waals surface area contributed by atoms with E-state index in [0.29, 0.717) is 50.2 Å². The largest absolute Gasteiger partial charge is 0.377 e. The van der Waals surface area contributed by atoms with Crippen LogP contribution >= 0.6 is 11.6 Å². The molecule has 0 saturated heterocycles. The van der Waals surface area contributed by atoms with Gasteiger partial charge in [0, 0.05) is 22.8 Å². The molecule has 2 aromatic carbocycles. The Labute approximate surface area is 227 Å². The summed E-state index contributed by atoms with van der Waals surface area (Å²) in [5, 5.41) is 26.6. The number of anilines is 2. The monoisotopic (exact) mass is 530 g/mol. The van der Waals surface area contributed by atoms with Gasteiger partial charge in [-0.25, -0.2) is 9.07 Å². The van der Waals surface area contributed by atoms with Gasteiger partial charge in [0.05, 0.1) is 41.4 Å². The maximum absolute atomic E-state index is 13.8. The van der Waals surface area contributed by atoms with Crippen LogP contribution in [0.2, 0.25) is 5.02 Å². The first-order valence-electron chi connectivity index (χ1n) is 13.3. The molecule has 2 aromatic heterocycles. The van der Waals surface area contributed by atoms with Gasteiger partial charge in [0.1, 0.15) is 17.6 Å². The third-order valence-electron chi connectivity index (χ3n) is 7.68. The van der Waals surface area contributed by atoms with Gasteiger partial charge in [-0.15, -0.1) is 5.10 Å². The summed E-state index contributed by atoms with van der Waals surface area (Å²) in [6.07, 6.45) is 7.36. The van der Waals surface area contributed by atoms with E-state index in [-0.39, 0.29) is 11.0 Å². The Morgan fingerprint density at radius 2 is 1.97 bits per heavy atom. The van der Waals surface area contributed by atoms with Crippen molar-refractivity contribution in [2.24, 2.45) is 5.41 Å². The molecule has 7 nitrogen and oxygen atoms in total. The lowest BCUT2D eigenvalue weighted by Crippen LogP contribution is -2.36. The second-order valence-corrected chi connectivity index (χ2v) is 11.7. The van der Waals surface area contributed by atoms with Gasteiger partial charge in [-0.1, -0.05) is 49.7 Å². The number of fused-ring (bicyclic) bond motifs is 1. The van der Waals surface area contributed by atoms with Gasteiger partial charge in [0.25, 0.3) is 0 Å². The maximum atomic E-state index is 13.8. The number of hydrogen-bond donors (Lipinski definition) is 2. The Morgan fingerprint density at radius 1 is 1.24 bits per heavy atom. The highest BCUT2D eigenvalue weighted by Crippen LogP contribution is 2.53. The van der Waals surface area contributed by atoms with Crippen molar-refractivity contribution in [3.63, 3.8) is 0 Å². The predicted molar refractivity (Wildman–Crippen MR) is 147 cm³/mol. The number of benzene rings is 2. The van der Waals surface area contributed by atoms with Gasteiger partial charge >= 0.3 is 0 Å². The van der Waals surface area contributed by atoms with Crippen LogP contribution in [0.25, 0.3) is 10.9 Å². The van der Waals surface area contributed by atoms with E-state index in [4.69, 9.17) is 11.6 Å². The van der Waals surface area contributed by atoms with Gasteiger partial charge in [0.2, 0.25) is 0 Å². The van der Waals surface area contributed by atoms with Gasteiger partial charge in [-0.05, 0) is 60.9 Å². The first-order chi connectivity index (χ1) is 18.5. The van der Waals surface area contributed by atoms with Crippen molar-refractivity contribution < 1.29 is 5.76 Å². The molecule has 0 aliphatic heterocycles. The molecule has 194 valence electrons. The van der Waals surface area contributed by atoms with Crippen molar-refractivity contribution >= 4 is 33.9 Å². The summed E-state index contributed by atoms with van der Waals surface area (Å²) in [6.45, 7) is 6.57. The molecule has 0 radical (unpaired) electrons. The first-order valence-corrected chi connectivity index (χ1v) is 13.2. The van der Waals surface area contributed by atoms with E-state index in [1.54, 1.807) is 35.3 Å². The molecule has 0 amide bonds. The molecule has 0 bridgehead atoms. The van der Waals surface area contributed by atoms with Gasteiger partial charge in [-0.2, -0.15) is 5.26 Å². The quantitative estimate of drug-likeness (QED) is 0.267. The molecular formula is C29H29ClFN7. The molecule has 0 unspecified atom stereocenters. The zero-order valence-corrected chi connectivity index (χ0v) is 22.3. The number of nitrogens with one attached hydrogen (secondary N) is 2. The lowest BCUT2D eigenvalue weighted by Gasteiger charge is -2.33. The van der Waals surface area contributed by atoms with Crippen molar-refractivity contribution in [1.29, 1.82) is 5.26 Å². The zero-order valence-electron chi connectivity index (χ0n) is 22.5. The van der Waals surface area contributed by atoms with Crippen molar-refractivity contribution in [2.75, 3.05) is 10.6 Å². The van der Waals surface area contributed by atoms with Crippen LogP contribution < -0.4 is 10.6 Å². The highest BCUT2D eigenvalue weighted by Gasteiger charge is 2.52. The number of pyridine rings is 1. The second kappa shape index (κ2) is 8.95. The Kier molecular flexibility index (Phi) is 5.52. The maximum Gasteiger partial charge on any atom is 0.123 e. The summed E-state index contributed by atoms with van der Waals surface area (Å²) < 4.78 is 25.2. The lowest BCUT2D eigenvalue weighted by atomic mass is 9.83. The average Bonchev–Trinajstić information content (AvgIpc) is 3.83. The highest BCUT2D eigenvalue weighted by molar-refractivity contribution is 6.35. The zero-order chi connectivity index (χ0) is 27.6. The standard InChI is InChI=1S/C29H29ClFN7/c1-28(2,3)29(10-11-29)35-25-18(14-32)15-33-27-22(25)12-20(13-23(27)30)34-26(17-4-6-19(31)7-5-17)24-16-38(37-36-24)21-8-9-21/h4-7,12-13,15-16,21,26,34H,8-11H2,1-3H3,(H,33,35)/t26-/m0/s1/i26D. The molecule has 9 heteroatoms. The van der Waals surface area contributed by atoms with Crippen molar-refractivity contribution in [2.45, 2.75) is 64.1 Å². The number of nitrogens with zero attached hydrogens (tertiary/aromatic N) is 5. The Morgan fingerprint density at radius 3 is 2.61 bits per heavy atom. The normalized spacial score (nSPS) is 18.4. The predicted octanol–water partition coefficient (Wildman–Crippen LogP) is 7.02. The SMILES string of the molecule is [2H][C@](Nc1cc(Cl)c2ncc(C#N)c(NC3(C(C)(C)C)CC3)c2c1)(c1ccc(F)cc1)c1cn(C2CC2)nn1. The van der Waals surface area contributed by atoms with Crippen LogP contribution in [0.4, 0.5) is 15.8 Å². The van der Waals surface area contributed by atoms with Gasteiger partial charge in [0.15, 0.2) is 0 Å². The summed E-state index contributed by atoms with van der Waals surface area (Å²) in [5.74, 6) is -0.393. The van der Waals surface area contributed by atoms with Crippen molar-refractivity contribution in [1.82, 2.24) is 20.0 Å². The smallest absolute Gasteiger partial charge is 0.123 e. The van der Waals surface area contributed by atoms with E-state index in [1.165, 1.54) is 12.1 Å².